The Balaban J connectivity index is 1.83. The van der Waals surface area contributed by atoms with Gasteiger partial charge in [-0.2, -0.15) is 4.98 Å². The van der Waals surface area contributed by atoms with Gasteiger partial charge in [0, 0.05) is 29.2 Å². The van der Waals surface area contributed by atoms with E-state index in [1.165, 1.54) is 0 Å². The number of aliphatic hydroxyl groups is 1. The summed E-state index contributed by atoms with van der Waals surface area (Å²) in [6.07, 6.45) is 1.69. The summed E-state index contributed by atoms with van der Waals surface area (Å²) in [4.78, 5) is 10.9. The molecule has 1 aliphatic heterocycles. The third-order valence-corrected chi connectivity index (χ3v) is 5.22. The van der Waals surface area contributed by atoms with Crippen LogP contribution in [0.2, 0.25) is 10.0 Å². The molecule has 1 unspecified atom stereocenters. The molecular weight excluding hydrogens is 389 g/mol. The number of nitrogens with zero attached hydrogens (tertiary/aromatic N) is 3. The van der Waals surface area contributed by atoms with E-state index in [1.54, 1.807) is 25.4 Å². The molecule has 0 amide bonds. The summed E-state index contributed by atoms with van der Waals surface area (Å²) in [7, 11) is 1.56. The van der Waals surface area contributed by atoms with Crippen molar-refractivity contribution in [2.45, 2.75) is 31.5 Å². The number of rotatable bonds is 5. The Bertz CT molecular complexity index is 807. The zero-order valence-electron chi connectivity index (χ0n) is 15.2. The molecule has 4 N–H and O–H groups in total. The van der Waals surface area contributed by atoms with Crippen LogP contribution in [0.5, 0.6) is 5.75 Å². The Morgan fingerprint density at radius 3 is 2.85 bits per heavy atom. The smallest absolute Gasteiger partial charge is 0.227 e. The van der Waals surface area contributed by atoms with Gasteiger partial charge in [-0.1, -0.05) is 29.3 Å². The lowest BCUT2D eigenvalue weighted by molar-refractivity contribution is 0.131. The van der Waals surface area contributed by atoms with Gasteiger partial charge in [-0.25, -0.2) is 4.98 Å². The molecule has 1 saturated heterocycles. The van der Waals surface area contributed by atoms with Crippen molar-refractivity contribution in [1.29, 1.82) is 0 Å². The topological polar surface area (TPSA) is 96.5 Å². The van der Waals surface area contributed by atoms with Crippen LogP contribution in [-0.4, -0.2) is 47.4 Å². The number of benzene rings is 1. The Morgan fingerprint density at radius 2 is 2.19 bits per heavy atom. The van der Waals surface area contributed by atoms with Crippen LogP contribution in [0.1, 0.15) is 24.9 Å². The average Bonchev–Trinajstić information content (AvgIpc) is 2.63. The monoisotopic (exact) mass is 411 g/mol. The molecule has 1 aromatic carbocycles. The molecule has 0 saturated carbocycles. The number of aromatic nitrogens is 2. The van der Waals surface area contributed by atoms with Crippen LogP contribution in [0.4, 0.5) is 11.8 Å². The molecule has 2 heterocycles. The van der Waals surface area contributed by atoms with Crippen molar-refractivity contribution in [2.75, 3.05) is 30.4 Å². The number of nitrogens with two attached hydrogens (primary N) is 1. The van der Waals surface area contributed by atoms with Gasteiger partial charge in [0.05, 0.1) is 25.5 Å². The molecule has 0 bridgehead atoms. The first kappa shape index (κ1) is 19.9. The van der Waals surface area contributed by atoms with Crippen LogP contribution in [0.25, 0.3) is 0 Å². The Morgan fingerprint density at radius 1 is 1.41 bits per heavy atom. The number of anilines is 2. The molecule has 0 spiro atoms. The van der Waals surface area contributed by atoms with E-state index >= 15 is 0 Å². The SMILES string of the molecule is COc1cnc(N2CC[C@H](N)[C@@H](O)C2)nc1NC(C)c1ccc(Cl)cc1Cl. The summed E-state index contributed by atoms with van der Waals surface area (Å²) in [6, 6.07) is 5.02. The number of piperidine rings is 1. The van der Waals surface area contributed by atoms with E-state index in [1.807, 2.05) is 17.9 Å². The molecule has 3 rings (SSSR count). The second-order valence-corrected chi connectivity index (χ2v) is 7.43. The zero-order chi connectivity index (χ0) is 19.6. The van der Waals surface area contributed by atoms with Crippen molar-refractivity contribution in [2.24, 2.45) is 5.73 Å². The van der Waals surface area contributed by atoms with Crippen LogP contribution in [-0.2, 0) is 0 Å². The predicted molar refractivity (Wildman–Crippen MR) is 108 cm³/mol. The average molecular weight is 412 g/mol. The van der Waals surface area contributed by atoms with Crippen molar-refractivity contribution < 1.29 is 9.84 Å². The van der Waals surface area contributed by atoms with Crippen LogP contribution in [0, 0.1) is 0 Å². The highest BCUT2D eigenvalue weighted by Crippen LogP contribution is 2.31. The van der Waals surface area contributed by atoms with E-state index in [-0.39, 0.29) is 12.1 Å². The quantitative estimate of drug-likeness (QED) is 0.695. The minimum Gasteiger partial charge on any atom is -0.491 e. The van der Waals surface area contributed by atoms with Gasteiger partial charge in [-0.05, 0) is 31.0 Å². The summed E-state index contributed by atoms with van der Waals surface area (Å²) in [5.74, 6) is 1.58. The van der Waals surface area contributed by atoms with E-state index in [9.17, 15) is 5.11 Å². The fourth-order valence-corrected chi connectivity index (χ4v) is 3.61. The molecule has 0 radical (unpaired) electrons. The predicted octanol–water partition coefficient (Wildman–Crippen LogP) is 2.86. The number of nitrogens with one attached hydrogen (secondary N) is 1. The van der Waals surface area contributed by atoms with Gasteiger partial charge in [0.1, 0.15) is 0 Å². The van der Waals surface area contributed by atoms with Gasteiger partial charge in [-0.15, -0.1) is 0 Å². The maximum Gasteiger partial charge on any atom is 0.227 e. The van der Waals surface area contributed by atoms with Crippen LogP contribution in [0.15, 0.2) is 24.4 Å². The molecule has 1 fully saturated rings. The van der Waals surface area contributed by atoms with E-state index in [2.05, 4.69) is 15.3 Å². The van der Waals surface area contributed by atoms with Gasteiger partial charge >= 0.3 is 0 Å². The number of halogens is 2. The summed E-state index contributed by atoms with van der Waals surface area (Å²) in [5, 5.41) is 14.5. The number of hydrogen-bond donors (Lipinski definition) is 3. The molecule has 7 nitrogen and oxygen atoms in total. The van der Waals surface area contributed by atoms with Gasteiger partial charge < -0.3 is 25.8 Å². The molecule has 2 aromatic rings. The second kappa shape index (κ2) is 8.48. The van der Waals surface area contributed by atoms with E-state index in [0.717, 1.165) is 5.56 Å². The fraction of sp³-hybridized carbons (Fsp3) is 0.444. The van der Waals surface area contributed by atoms with Gasteiger partial charge in [0.25, 0.3) is 0 Å². The summed E-state index contributed by atoms with van der Waals surface area (Å²) < 4.78 is 5.38. The lowest BCUT2D eigenvalue weighted by Gasteiger charge is -2.34. The van der Waals surface area contributed by atoms with Crippen molar-refractivity contribution in [3.8, 4) is 5.75 Å². The fourth-order valence-electron chi connectivity index (χ4n) is 3.03. The number of ether oxygens (including phenoxy) is 1. The first-order valence-electron chi connectivity index (χ1n) is 8.70. The van der Waals surface area contributed by atoms with Gasteiger partial charge in [-0.3, -0.25) is 0 Å². The lowest BCUT2D eigenvalue weighted by atomic mass is 10.0. The van der Waals surface area contributed by atoms with Crippen molar-refractivity contribution in [3.63, 3.8) is 0 Å². The first-order valence-corrected chi connectivity index (χ1v) is 9.45. The van der Waals surface area contributed by atoms with Crippen LogP contribution >= 0.6 is 23.2 Å². The third kappa shape index (κ3) is 4.55. The molecular formula is C18H23Cl2N5O2. The Kier molecular flexibility index (Phi) is 6.26. The van der Waals surface area contributed by atoms with Crippen LogP contribution in [0.3, 0.4) is 0 Å². The van der Waals surface area contributed by atoms with E-state index < -0.39 is 6.10 Å². The first-order chi connectivity index (χ1) is 12.9. The molecule has 1 aliphatic rings. The van der Waals surface area contributed by atoms with E-state index in [4.69, 9.17) is 33.7 Å². The van der Waals surface area contributed by atoms with Crippen molar-refractivity contribution in [3.05, 3.63) is 40.0 Å². The number of methoxy groups -OCH3 is 1. The molecule has 1 aromatic heterocycles. The largest absolute Gasteiger partial charge is 0.491 e. The minimum atomic E-state index is -0.604. The maximum absolute atomic E-state index is 10.0. The highest BCUT2D eigenvalue weighted by molar-refractivity contribution is 6.35. The zero-order valence-corrected chi connectivity index (χ0v) is 16.7. The Hall–Kier alpha value is -1.80. The van der Waals surface area contributed by atoms with Crippen LogP contribution < -0.4 is 20.7 Å². The number of β-amino-alcohol motifs (C(OH)–C–C–N with tert-alkyl or cyclic N) is 1. The lowest BCUT2D eigenvalue weighted by Crippen LogP contribution is -2.51. The highest BCUT2D eigenvalue weighted by atomic mass is 35.5. The molecule has 146 valence electrons. The number of aliphatic hydroxyl groups excluding tert-OH is 1. The normalized spacial score (nSPS) is 21.0. The molecule has 9 heteroatoms. The summed E-state index contributed by atoms with van der Waals surface area (Å²) in [5.41, 5.74) is 6.77. The minimum absolute atomic E-state index is 0.133. The van der Waals surface area contributed by atoms with E-state index in [0.29, 0.717) is 47.1 Å². The summed E-state index contributed by atoms with van der Waals surface area (Å²) in [6.45, 7) is 3.05. The van der Waals surface area contributed by atoms with Crippen molar-refractivity contribution in [1.82, 2.24) is 9.97 Å². The Labute approximate surface area is 168 Å². The standard InChI is InChI=1S/C18H23Cl2N5O2/c1-10(12-4-3-11(19)7-13(12)20)23-17-16(27-2)8-22-18(24-17)25-6-5-14(21)15(26)9-25/h3-4,7-8,10,14-15,26H,5-6,9,21H2,1-2H3,(H,22,23,24)/t10?,14-,15-/m0/s1. The van der Waals surface area contributed by atoms with Gasteiger partial charge in [0.15, 0.2) is 11.6 Å². The molecule has 3 atom stereocenters. The highest BCUT2D eigenvalue weighted by Gasteiger charge is 2.27. The van der Waals surface area contributed by atoms with Crippen molar-refractivity contribution >= 4 is 35.0 Å². The summed E-state index contributed by atoms with van der Waals surface area (Å²) >= 11 is 12.3. The molecule has 0 aliphatic carbocycles. The second-order valence-electron chi connectivity index (χ2n) is 6.58. The third-order valence-electron chi connectivity index (χ3n) is 4.66. The number of hydrogen-bond acceptors (Lipinski definition) is 7. The maximum atomic E-state index is 10.0. The molecule has 27 heavy (non-hydrogen) atoms. The van der Waals surface area contributed by atoms with Gasteiger partial charge in [0.2, 0.25) is 5.95 Å².